The van der Waals surface area contributed by atoms with Gasteiger partial charge in [0.25, 0.3) is 5.69 Å². The van der Waals surface area contributed by atoms with Gasteiger partial charge in [-0.2, -0.15) is 0 Å². The summed E-state index contributed by atoms with van der Waals surface area (Å²) >= 11 is 0. The molecule has 2 N–H and O–H groups in total. The molecular weight excluding hydrogens is 214 g/mol. The first-order valence-corrected chi connectivity index (χ1v) is 4.60. The molecule has 1 aromatic carbocycles. The molecule has 0 bridgehead atoms. The largest absolute Gasteiger partial charge is 0.389 e. The molecule has 0 saturated heterocycles. The van der Waals surface area contributed by atoms with E-state index in [1.54, 1.807) is 0 Å². The highest BCUT2D eigenvalue weighted by Crippen LogP contribution is 2.26. The molecule has 0 fully saturated rings. The number of nitro groups is 1. The van der Waals surface area contributed by atoms with E-state index in [1.165, 1.54) is 24.3 Å². The van der Waals surface area contributed by atoms with E-state index in [2.05, 4.69) is 0 Å². The molecule has 0 aliphatic heterocycles. The lowest BCUT2D eigenvalue weighted by Crippen LogP contribution is -2.11. The zero-order valence-corrected chi connectivity index (χ0v) is 8.37. The number of aliphatic hydroxyl groups excluding tert-OH is 2. The Bertz CT molecular complexity index is 404. The second-order valence-corrected chi connectivity index (χ2v) is 3.23. The fraction of sp³-hybridized carbons (Fsp3) is 0.300. The van der Waals surface area contributed by atoms with E-state index in [0.29, 0.717) is 0 Å². The molecule has 6 heteroatoms. The van der Waals surface area contributed by atoms with Gasteiger partial charge in [-0.3, -0.25) is 14.9 Å². The van der Waals surface area contributed by atoms with Crippen LogP contribution in [-0.2, 0) is 4.79 Å². The maximum Gasteiger partial charge on any atom is 0.275 e. The molecule has 1 atom stereocenters. The van der Waals surface area contributed by atoms with E-state index >= 15 is 0 Å². The summed E-state index contributed by atoms with van der Waals surface area (Å²) in [4.78, 5) is 20.9. The number of Topliss-reactive ketones (excluding diaryl/α,β-unsaturated/α-hetero) is 1. The van der Waals surface area contributed by atoms with Gasteiger partial charge in [0, 0.05) is 12.5 Å². The summed E-state index contributed by atoms with van der Waals surface area (Å²) < 4.78 is 0. The standard InChI is InChI=1S/C10H11NO5/c12-6-7(13)5-10(14)8-3-1-2-4-9(8)11(15)16/h1-4,10,12,14H,5-6H2. The third-order valence-corrected chi connectivity index (χ3v) is 2.09. The number of aliphatic hydroxyl groups is 2. The average Bonchev–Trinajstić information content (AvgIpc) is 2.28. The molecule has 6 nitrogen and oxygen atoms in total. The van der Waals surface area contributed by atoms with E-state index in [9.17, 15) is 20.0 Å². The van der Waals surface area contributed by atoms with Crippen LogP contribution >= 0.6 is 0 Å². The maximum atomic E-state index is 10.9. The van der Waals surface area contributed by atoms with Crippen LogP contribution in [0, 0.1) is 10.1 Å². The minimum absolute atomic E-state index is 0.0781. The predicted octanol–water partition coefficient (Wildman–Crippen LogP) is 0.580. The summed E-state index contributed by atoms with van der Waals surface area (Å²) in [5, 5.41) is 28.8. The Kier molecular flexibility index (Phi) is 4.10. The Morgan fingerprint density at radius 3 is 2.62 bits per heavy atom. The second kappa shape index (κ2) is 5.34. The number of hydrogen-bond acceptors (Lipinski definition) is 5. The monoisotopic (exact) mass is 225 g/mol. The van der Waals surface area contributed by atoms with Crippen LogP contribution in [0.1, 0.15) is 18.1 Å². The number of hydrogen-bond donors (Lipinski definition) is 2. The molecule has 0 amide bonds. The van der Waals surface area contributed by atoms with Gasteiger partial charge in [-0.25, -0.2) is 0 Å². The molecule has 1 aromatic rings. The molecule has 1 unspecified atom stereocenters. The first-order valence-electron chi connectivity index (χ1n) is 4.60. The van der Waals surface area contributed by atoms with E-state index in [-0.39, 0.29) is 17.7 Å². The minimum atomic E-state index is -1.26. The van der Waals surface area contributed by atoms with E-state index in [4.69, 9.17) is 5.11 Å². The van der Waals surface area contributed by atoms with Crippen molar-refractivity contribution >= 4 is 11.5 Å². The molecule has 0 aromatic heterocycles. The quantitative estimate of drug-likeness (QED) is 0.563. The SMILES string of the molecule is O=C(CO)CC(O)c1ccccc1[N+](=O)[O-]. The van der Waals surface area contributed by atoms with Gasteiger partial charge in [-0.1, -0.05) is 12.1 Å². The molecule has 0 spiro atoms. The normalized spacial score (nSPS) is 12.1. The molecule has 0 aliphatic rings. The number of nitrogens with zero attached hydrogens (tertiary/aromatic N) is 1. The fourth-order valence-electron chi connectivity index (χ4n) is 1.33. The summed E-state index contributed by atoms with van der Waals surface area (Å²) in [7, 11) is 0. The van der Waals surface area contributed by atoms with E-state index in [0.717, 1.165) is 0 Å². The zero-order valence-electron chi connectivity index (χ0n) is 8.37. The topological polar surface area (TPSA) is 101 Å². The summed E-state index contributed by atoms with van der Waals surface area (Å²) in [5.41, 5.74) is -0.157. The van der Waals surface area contributed by atoms with E-state index < -0.39 is 23.4 Å². The lowest BCUT2D eigenvalue weighted by atomic mass is 10.0. The van der Waals surface area contributed by atoms with Crippen molar-refractivity contribution in [2.24, 2.45) is 0 Å². The third kappa shape index (κ3) is 2.85. The summed E-state index contributed by atoms with van der Waals surface area (Å²) in [6.07, 6.45) is -1.59. The molecule has 86 valence electrons. The summed E-state index contributed by atoms with van der Waals surface area (Å²) in [6, 6.07) is 5.65. The zero-order chi connectivity index (χ0) is 12.1. The van der Waals surface area contributed by atoms with Crippen LogP contribution in [-0.4, -0.2) is 27.5 Å². The van der Waals surface area contributed by atoms with Crippen molar-refractivity contribution in [1.82, 2.24) is 0 Å². The van der Waals surface area contributed by atoms with Crippen LogP contribution in [0.2, 0.25) is 0 Å². The number of carbonyl (C=O) groups excluding carboxylic acids is 1. The number of para-hydroxylation sites is 1. The summed E-state index contributed by atoms with van der Waals surface area (Å²) in [5.74, 6) is -0.564. The van der Waals surface area contributed by atoms with Crippen molar-refractivity contribution in [2.45, 2.75) is 12.5 Å². The van der Waals surface area contributed by atoms with Crippen LogP contribution in [0.25, 0.3) is 0 Å². The lowest BCUT2D eigenvalue weighted by Gasteiger charge is -2.09. The van der Waals surface area contributed by atoms with Crippen LogP contribution < -0.4 is 0 Å². The molecular formula is C10H11NO5. The Morgan fingerprint density at radius 2 is 2.06 bits per heavy atom. The Balaban J connectivity index is 2.94. The van der Waals surface area contributed by atoms with Gasteiger partial charge in [-0.15, -0.1) is 0 Å². The number of nitro benzene ring substituents is 1. The second-order valence-electron chi connectivity index (χ2n) is 3.23. The highest BCUT2D eigenvalue weighted by atomic mass is 16.6. The lowest BCUT2D eigenvalue weighted by molar-refractivity contribution is -0.386. The summed E-state index contributed by atoms with van der Waals surface area (Å²) in [6.45, 7) is -0.683. The van der Waals surface area contributed by atoms with Gasteiger partial charge in [0.2, 0.25) is 0 Å². The van der Waals surface area contributed by atoms with Crippen molar-refractivity contribution in [3.05, 3.63) is 39.9 Å². The Morgan fingerprint density at radius 1 is 1.44 bits per heavy atom. The Hall–Kier alpha value is -1.79. The van der Waals surface area contributed by atoms with Crippen LogP contribution in [0.4, 0.5) is 5.69 Å². The van der Waals surface area contributed by atoms with Crippen molar-refractivity contribution in [3.8, 4) is 0 Å². The third-order valence-electron chi connectivity index (χ3n) is 2.09. The number of rotatable bonds is 5. The number of benzene rings is 1. The van der Waals surface area contributed by atoms with Crippen LogP contribution in [0.15, 0.2) is 24.3 Å². The molecule has 0 radical (unpaired) electrons. The van der Waals surface area contributed by atoms with Crippen molar-refractivity contribution in [3.63, 3.8) is 0 Å². The molecule has 0 aliphatic carbocycles. The van der Waals surface area contributed by atoms with Gasteiger partial charge in [0.1, 0.15) is 6.61 Å². The maximum absolute atomic E-state index is 10.9. The van der Waals surface area contributed by atoms with Crippen molar-refractivity contribution < 1.29 is 19.9 Å². The molecule has 1 rings (SSSR count). The fourth-order valence-corrected chi connectivity index (χ4v) is 1.33. The Labute approximate surface area is 91.3 Å². The average molecular weight is 225 g/mol. The number of carbonyl (C=O) groups is 1. The van der Waals surface area contributed by atoms with Gasteiger partial charge < -0.3 is 10.2 Å². The van der Waals surface area contributed by atoms with Crippen molar-refractivity contribution in [1.29, 1.82) is 0 Å². The predicted molar refractivity (Wildman–Crippen MR) is 54.8 cm³/mol. The minimum Gasteiger partial charge on any atom is -0.389 e. The first kappa shape index (κ1) is 12.3. The van der Waals surface area contributed by atoms with Crippen LogP contribution in [0.5, 0.6) is 0 Å². The number of ketones is 1. The molecule has 0 heterocycles. The van der Waals surface area contributed by atoms with E-state index in [1.807, 2.05) is 0 Å². The molecule has 16 heavy (non-hydrogen) atoms. The van der Waals surface area contributed by atoms with Gasteiger partial charge in [0.05, 0.1) is 16.6 Å². The smallest absolute Gasteiger partial charge is 0.275 e. The van der Waals surface area contributed by atoms with Gasteiger partial charge >= 0.3 is 0 Å². The van der Waals surface area contributed by atoms with Gasteiger partial charge in [0.15, 0.2) is 5.78 Å². The van der Waals surface area contributed by atoms with Gasteiger partial charge in [-0.05, 0) is 6.07 Å². The first-order chi connectivity index (χ1) is 7.56. The van der Waals surface area contributed by atoms with Crippen LogP contribution in [0.3, 0.4) is 0 Å². The van der Waals surface area contributed by atoms with Crippen molar-refractivity contribution in [2.75, 3.05) is 6.61 Å². The molecule has 0 saturated carbocycles. The highest BCUT2D eigenvalue weighted by Gasteiger charge is 2.21. The highest BCUT2D eigenvalue weighted by molar-refractivity contribution is 5.80.